The minimum atomic E-state index is -0.927. The van der Waals surface area contributed by atoms with Crippen LogP contribution in [0.2, 0.25) is 0 Å². The number of likely N-dealkylation sites (tertiary alicyclic amines) is 1. The lowest BCUT2D eigenvalue weighted by Crippen LogP contribution is -2.56. The molecule has 1 rings (SSSR count). The molecule has 0 bridgehead atoms. The van der Waals surface area contributed by atoms with Gasteiger partial charge in [-0.3, -0.25) is 28.9 Å². The second-order valence-corrected chi connectivity index (χ2v) is 15.7. The third kappa shape index (κ3) is 12.3. The van der Waals surface area contributed by atoms with Crippen LogP contribution in [0.15, 0.2) is 0 Å². The van der Waals surface area contributed by atoms with Crippen LogP contribution in [0.4, 0.5) is 0 Å². The minimum absolute atomic E-state index is 0.00898. The summed E-state index contributed by atoms with van der Waals surface area (Å²) in [5, 5.41) is 12.4. The first-order chi connectivity index (χ1) is 23.2. The van der Waals surface area contributed by atoms with Crippen LogP contribution in [0.5, 0.6) is 0 Å². The van der Waals surface area contributed by atoms with Crippen LogP contribution in [-0.4, -0.2) is 109 Å². The summed E-state index contributed by atoms with van der Waals surface area (Å²) < 4.78 is 11.7. The average molecular weight is 711 g/mol. The molecule has 0 aromatic carbocycles. The Balaban J connectivity index is 3.17. The average Bonchev–Trinajstić information content (AvgIpc) is 3.53. The molecule has 0 radical (unpaired) electrons. The number of carbonyl (C=O) groups excluding carboxylic acids is 4. The summed E-state index contributed by atoms with van der Waals surface area (Å²) >= 11 is 0. The summed E-state index contributed by atoms with van der Waals surface area (Å²) in [6.07, 6.45) is 2.37. The van der Waals surface area contributed by atoms with Crippen molar-refractivity contribution in [2.45, 2.75) is 132 Å². The second-order valence-electron chi connectivity index (χ2n) is 15.7. The summed E-state index contributed by atoms with van der Waals surface area (Å²) in [4.78, 5) is 68.6. The van der Waals surface area contributed by atoms with Crippen LogP contribution in [0.25, 0.3) is 0 Å². The highest BCUT2D eigenvalue weighted by molar-refractivity contribution is 5.92. The summed E-state index contributed by atoms with van der Waals surface area (Å²) in [6.45, 7) is 20.0. The van der Waals surface area contributed by atoms with E-state index in [1.165, 1.54) is 0 Å². The number of amides is 3. The number of hydrogen-bond donors (Lipinski definition) is 3. The van der Waals surface area contributed by atoms with Gasteiger partial charge in [-0.2, -0.15) is 0 Å². The number of ether oxygens (including phenoxy) is 2. The smallest absolute Gasteiger partial charge is 0.307 e. The summed E-state index contributed by atoms with van der Waals surface area (Å²) in [5.41, 5.74) is 5.60. The number of nitrogens with two attached hydrogens (primary N) is 1. The van der Waals surface area contributed by atoms with Crippen molar-refractivity contribution in [2.24, 2.45) is 53.1 Å². The zero-order valence-electron chi connectivity index (χ0n) is 33.2. The number of nitrogens with zero attached hydrogens (tertiary/aromatic N) is 2. The quantitative estimate of drug-likeness (QED) is 0.141. The number of hydrogen-bond acceptors (Lipinski definition) is 8. The lowest BCUT2D eigenvalue weighted by molar-refractivity contribution is -0.143. The first kappa shape index (κ1) is 45.5. The fourth-order valence-electron chi connectivity index (χ4n) is 7.69. The van der Waals surface area contributed by atoms with Gasteiger partial charge in [0.1, 0.15) is 0 Å². The van der Waals surface area contributed by atoms with E-state index < -0.39 is 41.9 Å². The van der Waals surface area contributed by atoms with E-state index >= 15 is 0 Å². The Morgan fingerprint density at radius 2 is 1.52 bits per heavy atom. The molecule has 1 fully saturated rings. The van der Waals surface area contributed by atoms with Crippen LogP contribution < -0.4 is 11.1 Å². The van der Waals surface area contributed by atoms with Crippen molar-refractivity contribution in [3.8, 4) is 0 Å². The van der Waals surface area contributed by atoms with Crippen LogP contribution >= 0.6 is 0 Å². The molecule has 0 saturated carbocycles. The predicted molar refractivity (Wildman–Crippen MR) is 195 cm³/mol. The van der Waals surface area contributed by atoms with Crippen LogP contribution in [0.1, 0.15) is 101 Å². The Morgan fingerprint density at radius 3 is 1.98 bits per heavy atom. The minimum Gasteiger partial charge on any atom is -0.481 e. The van der Waals surface area contributed by atoms with Crippen molar-refractivity contribution in [1.29, 1.82) is 0 Å². The van der Waals surface area contributed by atoms with E-state index in [1.807, 2.05) is 39.5 Å². The van der Waals surface area contributed by atoms with Crippen molar-refractivity contribution in [2.75, 3.05) is 34.4 Å². The zero-order chi connectivity index (χ0) is 38.6. The maximum Gasteiger partial charge on any atom is 0.307 e. The Hall–Kier alpha value is -2.57. The summed E-state index contributed by atoms with van der Waals surface area (Å²) in [5.74, 6) is -3.47. The highest BCUT2D eigenvalue weighted by Gasteiger charge is 2.42. The van der Waals surface area contributed by atoms with Crippen molar-refractivity contribution in [1.82, 2.24) is 15.1 Å². The van der Waals surface area contributed by atoms with E-state index in [1.54, 1.807) is 40.0 Å². The molecule has 0 spiro atoms. The summed E-state index contributed by atoms with van der Waals surface area (Å²) in [7, 11) is 4.92. The third-order valence-corrected chi connectivity index (χ3v) is 11.3. The monoisotopic (exact) mass is 711 g/mol. The number of nitrogens with one attached hydrogen (secondary N) is 1. The molecule has 12 nitrogen and oxygen atoms in total. The SMILES string of the molecule is CCC(C)C(CC(C)C(C)C(=O)C(NC(=O)C(C(C)C)N(C)CC(C)C(=O)O)C(C)C)C(CC(=O)N1CCCC1C(OC)C(C)C(N)=O)OC. The second kappa shape index (κ2) is 21.1. The van der Waals surface area contributed by atoms with Gasteiger partial charge in [-0.15, -0.1) is 0 Å². The molecule has 0 aliphatic carbocycles. The molecule has 11 atom stereocenters. The fourth-order valence-corrected chi connectivity index (χ4v) is 7.69. The number of carboxylic acid groups (broad SMARTS) is 1. The lowest BCUT2D eigenvalue weighted by Gasteiger charge is -2.37. The van der Waals surface area contributed by atoms with Crippen molar-refractivity contribution in [3.05, 3.63) is 0 Å². The maximum absolute atomic E-state index is 14.1. The number of likely N-dealkylation sites (N-methyl/N-ethyl adjacent to an activating group) is 1. The predicted octanol–water partition coefficient (Wildman–Crippen LogP) is 4.23. The van der Waals surface area contributed by atoms with Crippen molar-refractivity contribution < 1.29 is 38.6 Å². The fraction of sp³-hybridized carbons (Fsp3) is 0.868. The van der Waals surface area contributed by atoms with E-state index in [4.69, 9.17) is 15.2 Å². The first-order valence-electron chi connectivity index (χ1n) is 18.7. The van der Waals surface area contributed by atoms with Gasteiger partial charge in [0, 0.05) is 33.2 Å². The number of primary amides is 1. The molecule has 0 aromatic heterocycles. The van der Waals surface area contributed by atoms with Gasteiger partial charge in [0.15, 0.2) is 5.78 Å². The zero-order valence-corrected chi connectivity index (χ0v) is 33.2. The molecule has 11 unspecified atom stereocenters. The van der Waals surface area contributed by atoms with Gasteiger partial charge >= 0.3 is 5.97 Å². The largest absolute Gasteiger partial charge is 0.481 e. The van der Waals surface area contributed by atoms with Crippen LogP contribution in [0, 0.1) is 47.3 Å². The highest BCUT2D eigenvalue weighted by Crippen LogP contribution is 2.35. The molecule has 0 aromatic rings. The van der Waals surface area contributed by atoms with Gasteiger partial charge < -0.3 is 30.5 Å². The molecular formula is C38H70N4O8. The maximum atomic E-state index is 14.1. The number of ketones is 1. The first-order valence-corrected chi connectivity index (χ1v) is 18.7. The van der Waals surface area contributed by atoms with Gasteiger partial charge in [-0.05, 0) is 55.9 Å². The standard InChI is InChI=1S/C38H70N4O8/c1-14-23(6)28(30(49-12)19-31(43)42-17-15-16-29(42)35(50-13)27(10)36(39)45)18-24(7)26(9)34(44)32(21(2)3)40-37(46)33(22(4)5)41(11)20-25(8)38(47)48/h21-30,32-33,35H,14-20H2,1-13H3,(H2,39,45)(H,40,46)(H,47,48). The van der Waals surface area contributed by atoms with Gasteiger partial charge in [0.25, 0.3) is 0 Å². The number of carboxylic acids is 1. The molecule has 4 N–H and O–H groups in total. The molecule has 50 heavy (non-hydrogen) atoms. The van der Waals surface area contributed by atoms with E-state index in [-0.39, 0.29) is 78.2 Å². The molecular weight excluding hydrogens is 640 g/mol. The Labute approximate surface area is 301 Å². The molecule has 3 amide bonds. The van der Waals surface area contributed by atoms with E-state index in [0.717, 1.165) is 19.3 Å². The number of aliphatic carboxylic acids is 1. The number of rotatable bonds is 23. The highest BCUT2D eigenvalue weighted by atomic mass is 16.5. The summed E-state index contributed by atoms with van der Waals surface area (Å²) in [6, 6.07) is -1.55. The van der Waals surface area contributed by atoms with Gasteiger partial charge in [0.05, 0.1) is 48.6 Å². The van der Waals surface area contributed by atoms with Crippen molar-refractivity contribution in [3.63, 3.8) is 0 Å². The molecule has 290 valence electrons. The van der Waals surface area contributed by atoms with E-state index in [0.29, 0.717) is 13.0 Å². The molecule has 1 saturated heterocycles. The number of methoxy groups -OCH3 is 2. The lowest BCUT2D eigenvalue weighted by atomic mass is 9.74. The number of Topliss-reactive ketones (excluding diaryl/α,β-unsaturated/α-hetero) is 1. The van der Waals surface area contributed by atoms with Gasteiger partial charge in [-0.1, -0.05) is 75.7 Å². The van der Waals surface area contributed by atoms with E-state index in [9.17, 15) is 29.1 Å². The molecule has 1 heterocycles. The number of carbonyl (C=O) groups is 5. The Morgan fingerprint density at radius 1 is 0.920 bits per heavy atom. The molecule has 1 aliphatic rings. The van der Waals surface area contributed by atoms with Crippen LogP contribution in [-0.2, 0) is 33.4 Å². The molecule has 12 heteroatoms. The van der Waals surface area contributed by atoms with Gasteiger partial charge in [-0.25, -0.2) is 0 Å². The molecule has 1 aliphatic heterocycles. The van der Waals surface area contributed by atoms with Crippen LogP contribution in [0.3, 0.4) is 0 Å². The van der Waals surface area contributed by atoms with Gasteiger partial charge in [0.2, 0.25) is 17.7 Å². The Kier molecular flexibility index (Phi) is 19.2. The topological polar surface area (TPSA) is 169 Å². The normalized spacial score (nSPS) is 21.2. The Bertz CT molecular complexity index is 1120. The van der Waals surface area contributed by atoms with E-state index in [2.05, 4.69) is 26.1 Å². The van der Waals surface area contributed by atoms with Crippen molar-refractivity contribution >= 4 is 29.5 Å². The third-order valence-electron chi connectivity index (χ3n) is 11.3.